The second-order valence-corrected chi connectivity index (χ2v) is 8.33. The van der Waals surface area contributed by atoms with Crippen molar-refractivity contribution < 1.29 is 4.79 Å². The number of nitrogens with one attached hydrogen (secondary N) is 1. The molecule has 0 aliphatic heterocycles. The van der Waals surface area contributed by atoms with Gasteiger partial charge in [-0.15, -0.1) is 0 Å². The van der Waals surface area contributed by atoms with E-state index in [-0.39, 0.29) is 11.7 Å². The molecule has 1 N–H and O–H groups in total. The number of ketones is 1. The number of carbonyl (C=O) groups excluding carboxylic acids is 1. The Morgan fingerprint density at radius 1 is 1.10 bits per heavy atom. The molecule has 0 bridgehead atoms. The fourth-order valence-electron chi connectivity index (χ4n) is 2.57. The molecule has 1 saturated carbocycles. The number of halogens is 1. The third kappa shape index (κ3) is 8.00. The van der Waals surface area contributed by atoms with Gasteiger partial charge in [0.15, 0.2) is 5.78 Å². The van der Waals surface area contributed by atoms with Gasteiger partial charge in [-0.05, 0) is 55.3 Å². The van der Waals surface area contributed by atoms with Crippen molar-refractivity contribution in [2.75, 3.05) is 5.32 Å². The molecule has 0 saturated heterocycles. The molecular formula is C26H31ClN2O. The van der Waals surface area contributed by atoms with Crippen LogP contribution in [0.2, 0.25) is 5.02 Å². The third-order valence-corrected chi connectivity index (χ3v) is 4.84. The molecule has 0 spiro atoms. The lowest BCUT2D eigenvalue weighted by atomic mass is 10.0. The average Bonchev–Trinajstić information content (AvgIpc) is 3.51. The van der Waals surface area contributed by atoms with E-state index < -0.39 is 0 Å². The van der Waals surface area contributed by atoms with E-state index >= 15 is 0 Å². The van der Waals surface area contributed by atoms with Crippen molar-refractivity contribution in [3.8, 4) is 0 Å². The van der Waals surface area contributed by atoms with Crippen LogP contribution in [0.15, 0.2) is 72.3 Å². The van der Waals surface area contributed by atoms with E-state index in [1.807, 2.05) is 75.4 Å². The molecule has 0 heterocycles. The molecule has 0 radical (unpaired) electrons. The largest absolute Gasteiger partial charge is 0.344 e. The normalized spacial score (nSPS) is 14.1. The lowest BCUT2D eigenvalue weighted by Crippen LogP contribution is -2.09. The van der Waals surface area contributed by atoms with Crippen LogP contribution in [0, 0.1) is 11.8 Å². The van der Waals surface area contributed by atoms with E-state index in [0.717, 1.165) is 28.7 Å². The highest BCUT2D eigenvalue weighted by Crippen LogP contribution is 2.26. The summed E-state index contributed by atoms with van der Waals surface area (Å²) < 4.78 is 0. The average molecular weight is 423 g/mol. The maximum Gasteiger partial charge on any atom is 0.165 e. The number of allylic oxidation sites excluding steroid dienone is 2. The lowest BCUT2D eigenvalue weighted by Gasteiger charge is -2.09. The second-order valence-electron chi connectivity index (χ2n) is 7.90. The molecule has 0 aromatic heterocycles. The van der Waals surface area contributed by atoms with Crippen LogP contribution in [0.4, 0.5) is 5.69 Å². The van der Waals surface area contributed by atoms with Crippen LogP contribution in [-0.2, 0) is 0 Å². The fourth-order valence-corrected chi connectivity index (χ4v) is 2.69. The van der Waals surface area contributed by atoms with Gasteiger partial charge in [0.05, 0.1) is 5.70 Å². The first-order valence-corrected chi connectivity index (χ1v) is 10.7. The number of hydrogen-bond donors (Lipinski definition) is 1. The number of rotatable bonds is 6. The maximum atomic E-state index is 12.0. The van der Waals surface area contributed by atoms with Gasteiger partial charge < -0.3 is 5.32 Å². The Bertz CT molecular complexity index is 905. The zero-order chi connectivity index (χ0) is 22.1. The Labute approximate surface area is 185 Å². The van der Waals surface area contributed by atoms with Gasteiger partial charge in [0.1, 0.15) is 5.84 Å². The second kappa shape index (κ2) is 11.5. The number of benzene rings is 2. The molecule has 0 unspecified atom stereocenters. The molecule has 158 valence electrons. The summed E-state index contributed by atoms with van der Waals surface area (Å²) in [6.07, 6.45) is 6.52. The van der Waals surface area contributed by atoms with Gasteiger partial charge in [0, 0.05) is 27.8 Å². The van der Waals surface area contributed by atoms with Crippen LogP contribution in [0.5, 0.6) is 0 Å². The Kier molecular flexibility index (Phi) is 9.07. The zero-order valence-electron chi connectivity index (χ0n) is 18.3. The molecule has 4 heteroatoms. The Hall–Kier alpha value is -2.65. The van der Waals surface area contributed by atoms with Crippen molar-refractivity contribution in [3.05, 3.63) is 83.4 Å². The first kappa shape index (κ1) is 23.6. The molecule has 30 heavy (non-hydrogen) atoms. The van der Waals surface area contributed by atoms with Crippen molar-refractivity contribution in [2.45, 2.75) is 40.5 Å². The summed E-state index contributed by atoms with van der Waals surface area (Å²) in [6.45, 7) is 11.7. The lowest BCUT2D eigenvalue weighted by molar-refractivity contribution is 0.0939. The minimum Gasteiger partial charge on any atom is -0.344 e. The molecule has 1 fully saturated rings. The molecule has 1 aliphatic carbocycles. The number of carbonyl (C=O) groups is 1. The Balaban J connectivity index is 0.000000713. The third-order valence-electron chi connectivity index (χ3n) is 4.59. The van der Waals surface area contributed by atoms with Crippen LogP contribution in [0.1, 0.15) is 56.5 Å². The molecular weight excluding hydrogens is 392 g/mol. The van der Waals surface area contributed by atoms with Crippen molar-refractivity contribution in [3.63, 3.8) is 0 Å². The first-order chi connectivity index (χ1) is 14.3. The van der Waals surface area contributed by atoms with E-state index in [1.165, 1.54) is 12.8 Å². The highest BCUT2D eigenvalue weighted by atomic mass is 35.5. The van der Waals surface area contributed by atoms with Crippen LogP contribution in [0.3, 0.4) is 0 Å². The van der Waals surface area contributed by atoms with Crippen LogP contribution < -0.4 is 5.32 Å². The highest BCUT2D eigenvalue weighted by Gasteiger charge is 2.12. The summed E-state index contributed by atoms with van der Waals surface area (Å²) in [5.41, 5.74) is 3.33. The van der Waals surface area contributed by atoms with Gasteiger partial charge in [0.2, 0.25) is 0 Å². The Morgan fingerprint density at radius 3 is 2.10 bits per heavy atom. The van der Waals surface area contributed by atoms with E-state index in [0.29, 0.717) is 10.6 Å². The number of hydrogen-bond acceptors (Lipinski definition) is 2. The summed E-state index contributed by atoms with van der Waals surface area (Å²) in [4.78, 5) is 16.6. The zero-order valence-corrected chi connectivity index (χ0v) is 19.0. The van der Waals surface area contributed by atoms with Gasteiger partial charge in [-0.2, -0.15) is 0 Å². The number of aliphatic imine (C=N–C) groups is 1. The predicted octanol–water partition coefficient (Wildman–Crippen LogP) is 7.65. The van der Waals surface area contributed by atoms with Crippen LogP contribution >= 0.6 is 11.6 Å². The van der Waals surface area contributed by atoms with Gasteiger partial charge in [-0.1, -0.05) is 70.0 Å². The molecule has 0 atom stereocenters. The van der Waals surface area contributed by atoms with Crippen LogP contribution in [-0.4, -0.2) is 11.6 Å². The molecule has 2 aromatic rings. The van der Waals surface area contributed by atoms with Gasteiger partial charge in [0.25, 0.3) is 0 Å². The predicted molar refractivity (Wildman–Crippen MR) is 130 cm³/mol. The number of anilines is 1. The summed E-state index contributed by atoms with van der Waals surface area (Å²) in [6, 6.07) is 14.9. The van der Waals surface area contributed by atoms with Crippen molar-refractivity contribution in [1.82, 2.24) is 0 Å². The number of Topliss-reactive ketones (excluding diaryl/α,β-unsaturated/α-hetero) is 1. The van der Waals surface area contributed by atoms with E-state index in [2.05, 4.69) is 23.8 Å². The topological polar surface area (TPSA) is 41.5 Å². The highest BCUT2D eigenvalue weighted by molar-refractivity contribution is 6.30. The molecule has 1 aliphatic rings. The quantitative estimate of drug-likeness (QED) is 0.225. The minimum absolute atomic E-state index is 0.0110. The SMILES string of the molecule is C=C/C=C(\N=C(C)Nc1ccc(C(=O)C(C)C)cc1)c1ccc(Cl)cc1.CC1CC1. The Morgan fingerprint density at radius 2 is 1.63 bits per heavy atom. The summed E-state index contributed by atoms with van der Waals surface area (Å²) in [7, 11) is 0. The van der Waals surface area contributed by atoms with Gasteiger partial charge in [-0.25, -0.2) is 4.99 Å². The fraction of sp³-hybridized carbons (Fsp3) is 0.308. The minimum atomic E-state index is -0.0110. The van der Waals surface area contributed by atoms with Crippen molar-refractivity contribution >= 4 is 34.6 Å². The maximum absolute atomic E-state index is 12.0. The summed E-state index contributed by atoms with van der Waals surface area (Å²) >= 11 is 5.95. The van der Waals surface area contributed by atoms with E-state index in [4.69, 9.17) is 11.6 Å². The summed E-state index contributed by atoms with van der Waals surface area (Å²) in [5.74, 6) is 1.94. The number of nitrogens with zero attached hydrogens (tertiary/aromatic N) is 1. The first-order valence-electron chi connectivity index (χ1n) is 10.4. The van der Waals surface area contributed by atoms with Crippen molar-refractivity contribution in [2.24, 2.45) is 16.8 Å². The van der Waals surface area contributed by atoms with E-state index in [9.17, 15) is 4.79 Å². The van der Waals surface area contributed by atoms with E-state index in [1.54, 1.807) is 6.08 Å². The summed E-state index contributed by atoms with van der Waals surface area (Å²) in [5, 5.41) is 3.93. The molecule has 3 rings (SSSR count). The van der Waals surface area contributed by atoms with Gasteiger partial charge in [-0.3, -0.25) is 4.79 Å². The standard InChI is InChI=1S/C22H23ClN2O.C4H8/c1-5-6-21(17-7-11-19(23)12-8-17)25-16(4)24-20-13-9-18(10-14-20)22(26)15(2)3;1-4-2-3-4/h5-15H,1H2,2-4H3,(H,24,25);4H,2-3H2,1H3/b21-6-;. The van der Waals surface area contributed by atoms with Crippen LogP contribution in [0.25, 0.3) is 5.70 Å². The smallest absolute Gasteiger partial charge is 0.165 e. The number of amidine groups is 1. The van der Waals surface area contributed by atoms with Crippen molar-refractivity contribution in [1.29, 1.82) is 0 Å². The van der Waals surface area contributed by atoms with Gasteiger partial charge >= 0.3 is 0 Å². The molecule has 2 aromatic carbocycles. The monoisotopic (exact) mass is 422 g/mol. The molecule has 3 nitrogen and oxygen atoms in total. The molecule has 0 amide bonds.